The molecular weight excluding hydrogens is 224 g/mol. The highest BCUT2D eigenvalue weighted by molar-refractivity contribution is 7.99. The van der Waals surface area contributed by atoms with Gasteiger partial charge in [-0.15, -0.1) is 18.2 Å². The van der Waals surface area contributed by atoms with Gasteiger partial charge in [-0.2, -0.15) is 0 Å². The van der Waals surface area contributed by atoms with Crippen LogP contribution in [0, 0.1) is 42.9 Å². The molecule has 0 atom stereocenters. The molecule has 0 unspecified atom stereocenters. The van der Waals surface area contributed by atoms with Crippen LogP contribution < -0.4 is 0 Å². The lowest BCUT2D eigenvalue weighted by atomic mass is 10.2. The molecule has 1 aromatic rings. The summed E-state index contributed by atoms with van der Waals surface area (Å²) in [6.45, 7) is 2.09. The Morgan fingerprint density at radius 1 is 1.00 bits per heavy atom. The topological polar surface area (TPSA) is 0 Å². The molecule has 0 aliphatic rings. The maximum atomic E-state index is 5.07. The van der Waals surface area contributed by atoms with E-state index < -0.39 is 0 Å². The summed E-state index contributed by atoms with van der Waals surface area (Å²) in [5.41, 5.74) is 1.28. The summed E-state index contributed by atoms with van der Waals surface area (Å²) >= 11 is 1.74. The average molecular weight is 238 g/mol. The molecule has 17 heavy (non-hydrogen) atoms. The van der Waals surface area contributed by atoms with E-state index in [9.17, 15) is 0 Å². The molecular formula is C16H14S. The Kier molecular flexibility index (Phi) is 6.59. The van der Waals surface area contributed by atoms with Gasteiger partial charge < -0.3 is 0 Å². The molecule has 1 rings (SSSR count). The zero-order chi connectivity index (χ0) is 12.3. The largest absolute Gasteiger partial charge is 0.119 e. The van der Waals surface area contributed by atoms with Crippen molar-refractivity contribution in [3.05, 3.63) is 29.8 Å². The summed E-state index contributed by atoms with van der Waals surface area (Å²) in [4.78, 5) is 1.25. The molecule has 0 saturated heterocycles. The molecule has 0 N–H and O–H groups in total. The van der Waals surface area contributed by atoms with E-state index in [0.717, 1.165) is 5.75 Å². The average Bonchev–Trinajstić information content (AvgIpc) is 2.35. The molecule has 0 aliphatic heterocycles. The maximum absolute atomic E-state index is 5.07. The third-order valence-corrected chi connectivity index (χ3v) is 2.84. The van der Waals surface area contributed by atoms with Crippen molar-refractivity contribution in [2.75, 3.05) is 5.75 Å². The van der Waals surface area contributed by atoms with E-state index in [2.05, 4.69) is 60.8 Å². The van der Waals surface area contributed by atoms with E-state index in [4.69, 9.17) is 6.42 Å². The molecule has 0 aromatic heterocycles. The van der Waals surface area contributed by atoms with Gasteiger partial charge in [0.05, 0.1) is 18.6 Å². The number of rotatable bonds is 2. The lowest BCUT2D eigenvalue weighted by Gasteiger charge is -1.96. The van der Waals surface area contributed by atoms with Crippen LogP contribution in [0.2, 0.25) is 0 Å². The van der Waals surface area contributed by atoms with Crippen LogP contribution in [0.25, 0.3) is 0 Å². The van der Waals surface area contributed by atoms with Gasteiger partial charge in [0.2, 0.25) is 0 Å². The Morgan fingerprint density at radius 3 is 2.35 bits per heavy atom. The number of thioether (sulfide) groups is 1. The molecule has 0 amide bonds. The van der Waals surface area contributed by atoms with Crippen LogP contribution in [0.5, 0.6) is 0 Å². The van der Waals surface area contributed by atoms with Crippen LogP contribution in [-0.4, -0.2) is 5.75 Å². The summed E-state index contributed by atoms with van der Waals surface area (Å²) in [5, 5.41) is 0. The van der Waals surface area contributed by atoms with Gasteiger partial charge in [-0.1, -0.05) is 47.3 Å². The summed E-state index contributed by atoms with van der Waals surface area (Å²) in [5.74, 6) is 15.1. The minimum atomic E-state index is 0.514. The number of terminal acetylenes is 1. The minimum absolute atomic E-state index is 0.514. The quantitative estimate of drug-likeness (QED) is 0.561. The Morgan fingerprint density at radius 2 is 1.65 bits per heavy atom. The van der Waals surface area contributed by atoms with Gasteiger partial charge in [-0.3, -0.25) is 0 Å². The molecule has 0 aliphatic carbocycles. The number of hydrogen-bond donors (Lipinski definition) is 0. The van der Waals surface area contributed by atoms with E-state index in [0.29, 0.717) is 12.8 Å². The summed E-state index contributed by atoms with van der Waals surface area (Å²) in [6, 6.07) is 8.46. The van der Waals surface area contributed by atoms with Crippen molar-refractivity contribution < 1.29 is 0 Å². The maximum Gasteiger partial charge on any atom is 0.0703 e. The number of benzene rings is 1. The van der Waals surface area contributed by atoms with E-state index in [1.807, 2.05) is 0 Å². The van der Waals surface area contributed by atoms with Crippen LogP contribution >= 0.6 is 11.8 Å². The zero-order valence-corrected chi connectivity index (χ0v) is 10.7. The van der Waals surface area contributed by atoms with Gasteiger partial charge in [0.1, 0.15) is 0 Å². The van der Waals surface area contributed by atoms with Crippen LogP contribution in [0.1, 0.15) is 18.4 Å². The van der Waals surface area contributed by atoms with E-state index in [1.165, 1.54) is 10.5 Å². The summed E-state index contributed by atoms with van der Waals surface area (Å²) < 4.78 is 0. The molecule has 0 bridgehead atoms. The first kappa shape index (κ1) is 13.3. The van der Waals surface area contributed by atoms with Crippen molar-refractivity contribution in [3.8, 4) is 36.0 Å². The second-order valence-corrected chi connectivity index (χ2v) is 4.42. The molecule has 0 heterocycles. The normalized spacial score (nSPS) is 8.24. The highest BCUT2D eigenvalue weighted by atomic mass is 32.2. The monoisotopic (exact) mass is 238 g/mol. The predicted molar refractivity (Wildman–Crippen MR) is 75.5 cm³/mol. The van der Waals surface area contributed by atoms with Gasteiger partial charge in [0.15, 0.2) is 0 Å². The van der Waals surface area contributed by atoms with Gasteiger partial charge in [0.25, 0.3) is 0 Å². The fourth-order valence-corrected chi connectivity index (χ4v) is 1.76. The lowest BCUT2D eigenvalue weighted by molar-refractivity contribution is 1.38. The fraction of sp³-hybridized carbons (Fsp3) is 0.250. The van der Waals surface area contributed by atoms with Crippen LogP contribution in [0.15, 0.2) is 29.2 Å². The van der Waals surface area contributed by atoms with Gasteiger partial charge >= 0.3 is 0 Å². The highest BCUT2D eigenvalue weighted by Crippen LogP contribution is 2.17. The summed E-state index contributed by atoms with van der Waals surface area (Å²) in [7, 11) is 0. The highest BCUT2D eigenvalue weighted by Gasteiger charge is 1.90. The van der Waals surface area contributed by atoms with Crippen molar-refractivity contribution in [3.63, 3.8) is 0 Å². The third-order valence-electron chi connectivity index (χ3n) is 1.95. The van der Waals surface area contributed by atoms with Crippen molar-refractivity contribution in [1.29, 1.82) is 0 Å². The molecule has 1 aromatic carbocycles. The summed E-state index contributed by atoms with van der Waals surface area (Å²) in [6.07, 6.45) is 6.20. The van der Waals surface area contributed by atoms with Crippen LogP contribution in [0.4, 0.5) is 0 Å². The Balaban J connectivity index is 2.25. The smallest absolute Gasteiger partial charge is 0.0703 e. The zero-order valence-electron chi connectivity index (χ0n) is 9.92. The molecule has 1 heteroatoms. The van der Waals surface area contributed by atoms with E-state index >= 15 is 0 Å². The Hall–Kier alpha value is -1.75. The van der Waals surface area contributed by atoms with Gasteiger partial charge in [-0.25, -0.2) is 0 Å². The van der Waals surface area contributed by atoms with Crippen LogP contribution in [0.3, 0.4) is 0 Å². The first-order valence-corrected chi connectivity index (χ1v) is 6.36. The van der Waals surface area contributed by atoms with Gasteiger partial charge in [-0.05, 0) is 19.1 Å². The Labute approximate surface area is 108 Å². The minimum Gasteiger partial charge on any atom is -0.119 e. The molecule has 84 valence electrons. The SMILES string of the molecule is C#CCC#CCC#CCSc1ccc(C)cc1. The van der Waals surface area contributed by atoms with Crippen molar-refractivity contribution >= 4 is 11.8 Å². The van der Waals surface area contributed by atoms with Crippen molar-refractivity contribution in [1.82, 2.24) is 0 Å². The second kappa shape index (κ2) is 8.41. The molecule has 0 radical (unpaired) electrons. The number of hydrogen-bond acceptors (Lipinski definition) is 1. The van der Waals surface area contributed by atoms with Crippen molar-refractivity contribution in [2.45, 2.75) is 24.7 Å². The molecule has 0 spiro atoms. The molecule has 0 fully saturated rings. The first-order valence-electron chi connectivity index (χ1n) is 5.37. The van der Waals surface area contributed by atoms with Crippen LogP contribution in [-0.2, 0) is 0 Å². The molecule has 0 saturated carbocycles. The third kappa shape index (κ3) is 6.42. The fourth-order valence-electron chi connectivity index (χ4n) is 1.09. The predicted octanol–water partition coefficient (Wildman–Crippen LogP) is 3.51. The first-order chi connectivity index (χ1) is 8.33. The van der Waals surface area contributed by atoms with Gasteiger partial charge in [0, 0.05) is 4.90 Å². The lowest BCUT2D eigenvalue weighted by Crippen LogP contribution is -1.75. The van der Waals surface area contributed by atoms with E-state index in [1.54, 1.807) is 11.8 Å². The number of aryl methyl sites for hydroxylation is 1. The molecule has 0 nitrogen and oxygen atoms in total. The second-order valence-electron chi connectivity index (χ2n) is 3.37. The van der Waals surface area contributed by atoms with E-state index in [-0.39, 0.29) is 0 Å². The van der Waals surface area contributed by atoms with Crippen molar-refractivity contribution in [2.24, 2.45) is 0 Å². The standard InChI is InChI=1S/C16H14S/c1-3-4-5-6-7-8-9-14-17-16-12-10-15(2)11-13-16/h1,10-13H,4,7,14H2,2H3. The Bertz CT molecular complexity index is 495.